The fourth-order valence-electron chi connectivity index (χ4n) is 2.57. The summed E-state index contributed by atoms with van der Waals surface area (Å²) >= 11 is 0. The molecule has 2 rings (SSSR count). The number of benzene rings is 1. The van der Waals surface area contributed by atoms with Crippen molar-refractivity contribution in [3.8, 4) is 0 Å². The van der Waals surface area contributed by atoms with Crippen LogP contribution in [0.2, 0.25) is 0 Å². The van der Waals surface area contributed by atoms with Crippen molar-refractivity contribution in [2.24, 2.45) is 12.8 Å². The van der Waals surface area contributed by atoms with E-state index in [0.717, 1.165) is 17.1 Å². The number of carbonyl (C=O) groups is 1. The highest BCUT2D eigenvalue weighted by molar-refractivity contribution is 5.93. The van der Waals surface area contributed by atoms with Gasteiger partial charge in [0.15, 0.2) is 0 Å². The van der Waals surface area contributed by atoms with Gasteiger partial charge in [0.2, 0.25) is 5.91 Å². The third kappa shape index (κ3) is 4.64. The molecule has 1 aromatic heterocycles. The van der Waals surface area contributed by atoms with E-state index in [1.165, 1.54) is 5.56 Å². The molecule has 6 nitrogen and oxygen atoms in total. The fourth-order valence-corrected chi connectivity index (χ4v) is 2.57. The molecule has 0 unspecified atom stereocenters. The van der Waals surface area contributed by atoms with Crippen LogP contribution in [-0.2, 0) is 18.4 Å². The molecular weight excluding hydrogens is 290 g/mol. The Morgan fingerprint density at radius 3 is 2.57 bits per heavy atom. The molecule has 1 heterocycles. The summed E-state index contributed by atoms with van der Waals surface area (Å²) in [5.74, 6) is -0.0476. The number of aryl methyl sites for hydroxylation is 2. The molecule has 0 saturated carbocycles. The summed E-state index contributed by atoms with van der Waals surface area (Å²) in [4.78, 5) is 14.4. The number of carbonyl (C=O) groups excluding carboxylic acids is 1. The molecule has 23 heavy (non-hydrogen) atoms. The van der Waals surface area contributed by atoms with Gasteiger partial charge in [-0.15, -0.1) is 0 Å². The molecule has 0 radical (unpaired) electrons. The van der Waals surface area contributed by atoms with Crippen molar-refractivity contribution >= 4 is 11.6 Å². The first-order chi connectivity index (χ1) is 11.0. The van der Waals surface area contributed by atoms with Crippen LogP contribution in [0.4, 0.5) is 5.69 Å². The van der Waals surface area contributed by atoms with Crippen LogP contribution in [0.25, 0.3) is 0 Å². The Hall–Kier alpha value is -2.18. The normalized spacial score (nSPS) is 11.0. The summed E-state index contributed by atoms with van der Waals surface area (Å²) < 4.78 is 1.77. The first-order valence-corrected chi connectivity index (χ1v) is 7.77. The fraction of sp³-hybridized carbons (Fsp3) is 0.412. The Kier molecular flexibility index (Phi) is 5.90. The monoisotopic (exact) mass is 315 g/mol. The zero-order valence-corrected chi connectivity index (χ0v) is 14.0. The number of hydrogen-bond donors (Lipinski definition) is 2. The number of amides is 1. The minimum absolute atomic E-state index is 0.0476. The van der Waals surface area contributed by atoms with Gasteiger partial charge in [0.05, 0.1) is 23.6 Å². The summed E-state index contributed by atoms with van der Waals surface area (Å²) in [6.07, 6.45) is 0. The molecule has 2 aromatic rings. The van der Waals surface area contributed by atoms with E-state index in [4.69, 9.17) is 5.73 Å². The zero-order valence-electron chi connectivity index (χ0n) is 14.0. The lowest BCUT2D eigenvalue weighted by Gasteiger charge is -2.21. The number of hydrogen-bond acceptors (Lipinski definition) is 4. The lowest BCUT2D eigenvalue weighted by Crippen LogP contribution is -2.36. The SMILES string of the molecule is Cc1nn(C)c(C)c1NC(=O)CN(CCN)Cc1ccccc1. The smallest absolute Gasteiger partial charge is 0.238 e. The van der Waals surface area contributed by atoms with E-state index in [2.05, 4.69) is 22.5 Å². The van der Waals surface area contributed by atoms with E-state index < -0.39 is 0 Å². The average Bonchev–Trinajstić information content (AvgIpc) is 2.75. The number of aromatic nitrogens is 2. The molecule has 0 bridgehead atoms. The van der Waals surface area contributed by atoms with Crippen molar-refractivity contribution in [3.05, 3.63) is 47.3 Å². The van der Waals surface area contributed by atoms with Crippen LogP contribution < -0.4 is 11.1 Å². The Bertz CT molecular complexity index is 651. The second-order valence-electron chi connectivity index (χ2n) is 5.70. The summed E-state index contributed by atoms with van der Waals surface area (Å²) in [6, 6.07) is 10.1. The van der Waals surface area contributed by atoms with E-state index in [-0.39, 0.29) is 5.91 Å². The molecule has 6 heteroatoms. The van der Waals surface area contributed by atoms with Crippen LogP contribution in [0.3, 0.4) is 0 Å². The highest BCUT2D eigenvalue weighted by atomic mass is 16.2. The van der Waals surface area contributed by atoms with Crippen LogP contribution >= 0.6 is 0 Å². The minimum atomic E-state index is -0.0476. The van der Waals surface area contributed by atoms with Crippen molar-refractivity contribution in [3.63, 3.8) is 0 Å². The number of anilines is 1. The number of nitrogens with one attached hydrogen (secondary N) is 1. The van der Waals surface area contributed by atoms with Gasteiger partial charge in [0, 0.05) is 26.7 Å². The first-order valence-electron chi connectivity index (χ1n) is 7.77. The maximum absolute atomic E-state index is 12.4. The van der Waals surface area contributed by atoms with Crippen molar-refractivity contribution in [2.45, 2.75) is 20.4 Å². The molecule has 0 aliphatic carbocycles. The van der Waals surface area contributed by atoms with Crippen molar-refractivity contribution in [1.29, 1.82) is 0 Å². The quantitative estimate of drug-likeness (QED) is 0.810. The summed E-state index contributed by atoms with van der Waals surface area (Å²) in [7, 11) is 1.87. The predicted octanol–water partition coefficient (Wildman–Crippen LogP) is 1.44. The summed E-state index contributed by atoms with van der Waals surface area (Å²) in [5, 5.41) is 7.28. The Morgan fingerprint density at radius 2 is 2.00 bits per heavy atom. The largest absolute Gasteiger partial charge is 0.329 e. The topological polar surface area (TPSA) is 76.2 Å². The van der Waals surface area contributed by atoms with Gasteiger partial charge in [-0.2, -0.15) is 5.10 Å². The average molecular weight is 315 g/mol. The van der Waals surface area contributed by atoms with E-state index in [1.807, 2.05) is 44.0 Å². The second kappa shape index (κ2) is 7.89. The number of nitrogens with two attached hydrogens (primary N) is 1. The molecule has 1 amide bonds. The summed E-state index contributed by atoms with van der Waals surface area (Å²) in [5.41, 5.74) is 9.42. The van der Waals surface area contributed by atoms with E-state index >= 15 is 0 Å². The van der Waals surface area contributed by atoms with Gasteiger partial charge in [-0.05, 0) is 19.4 Å². The molecule has 0 aliphatic rings. The molecular formula is C17H25N5O. The Balaban J connectivity index is 2.00. The lowest BCUT2D eigenvalue weighted by molar-refractivity contribution is -0.117. The van der Waals surface area contributed by atoms with Gasteiger partial charge in [-0.3, -0.25) is 14.4 Å². The standard InChI is InChI=1S/C17H25N5O/c1-13-17(14(2)21(3)20-13)19-16(23)12-22(10-9-18)11-15-7-5-4-6-8-15/h4-8H,9-12,18H2,1-3H3,(H,19,23). The Morgan fingerprint density at radius 1 is 1.30 bits per heavy atom. The molecule has 1 aromatic carbocycles. The molecule has 124 valence electrons. The predicted molar refractivity (Wildman–Crippen MR) is 92.1 cm³/mol. The van der Waals surface area contributed by atoms with Crippen LogP contribution in [0, 0.1) is 13.8 Å². The summed E-state index contributed by atoms with van der Waals surface area (Å²) in [6.45, 7) is 6.04. The first kappa shape index (κ1) is 17.2. The van der Waals surface area contributed by atoms with Gasteiger partial charge in [0.25, 0.3) is 0 Å². The Labute approximate surface area is 137 Å². The highest BCUT2D eigenvalue weighted by Crippen LogP contribution is 2.18. The molecule has 0 spiro atoms. The van der Waals surface area contributed by atoms with Gasteiger partial charge in [-0.1, -0.05) is 30.3 Å². The molecule has 3 N–H and O–H groups in total. The van der Waals surface area contributed by atoms with Gasteiger partial charge < -0.3 is 11.1 Å². The maximum Gasteiger partial charge on any atom is 0.238 e. The van der Waals surface area contributed by atoms with Crippen molar-refractivity contribution < 1.29 is 4.79 Å². The van der Waals surface area contributed by atoms with Crippen molar-refractivity contribution in [2.75, 3.05) is 25.0 Å². The van der Waals surface area contributed by atoms with Crippen LogP contribution in [0.15, 0.2) is 30.3 Å². The highest BCUT2D eigenvalue weighted by Gasteiger charge is 2.15. The lowest BCUT2D eigenvalue weighted by atomic mass is 10.2. The number of rotatable bonds is 7. The van der Waals surface area contributed by atoms with Gasteiger partial charge >= 0.3 is 0 Å². The van der Waals surface area contributed by atoms with Gasteiger partial charge in [0.1, 0.15) is 0 Å². The van der Waals surface area contributed by atoms with Gasteiger partial charge in [-0.25, -0.2) is 0 Å². The second-order valence-corrected chi connectivity index (χ2v) is 5.70. The third-order valence-corrected chi connectivity index (χ3v) is 3.83. The molecule has 0 aliphatic heterocycles. The minimum Gasteiger partial charge on any atom is -0.329 e. The molecule has 0 saturated heterocycles. The number of nitrogens with zero attached hydrogens (tertiary/aromatic N) is 3. The van der Waals surface area contributed by atoms with E-state index in [0.29, 0.717) is 26.2 Å². The van der Waals surface area contributed by atoms with Crippen LogP contribution in [0.1, 0.15) is 17.0 Å². The zero-order chi connectivity index (χ0) is 16.8. The molecule has 0 atom stereocenters. The maximum atomic E-state index is 12.4. The third-order valence-electron chi connectivity index (χ3n) is 3.83. The van der Waals surface area contributed by atoms with E-state index in [9.17, 15) is 4.79 Å². The van der Waals surface area contributed by atoms with Crippen molar-refractivity contribution in [1.82, 2.24) is 14.7 Å². The molecule has 0 fully saturated rings. The van der Waals surface area contributed by atoms with Crippen LogP contribution in [-0.4, -0.2) is 40.2 Å². The van der Waals surface area contributed by atoms with E-state index in [1.54, 1.807) is 4.68 Å². The van der Waals surface area contributed by atoms with Crippen LogP contribution in [0.5, 0.6) is 0 Å².